The molecule has 3 aromatic carbocycles. The average Bonchev–Trinajstić information content (AvgIpc) is 3.09. The molecule has 0 amide bonds. The van der Waals surface area contributed by atoms with Crippen molar-refractivity contribution < 1.29 is 19.0 Å². The molecule has 1 aliphatic heterocycles. The van der Waals surface area contributed by atoms with Gasteiger partial charge in [-0.2, -0.15) is 0 Å². The molecule has 0 saturated heterocycles. The minimum atomic E-state index is -0.236. The number of nitrogens with one attached hydrogen (secondary N) is 2. The van der Waals surface area contributed by atoms with Crippen LogP contribution in [0.1, 0.15) is 35.9 Å². The SMILES string of the molecule is COc1cc([C@@H]2CC(=O)C3=C(C2)Nc2ccccc2N[C@@H]3c2ccc(SC)cc2)cc(OC)c1OC. The molecule has 6 nitrogen and oxygen atoms in total. The zero-order valence-corrected chi connectivity index (χ0v) is 21.7. The van der Waals surface area contributed by atoms with Crippen LogP contribution in [0, 0.1) is 0 Å². The van der Waals surface area contributed by atoms with Crippen LogP contribution < -0.4 is 24.8 Å². The highest BCUT2D eigenvalue weighted by atomic mass is 32.2. The number of hydrogen-bond acceptors (Lipinski definition) is 7. The van der Waals surface area contributed by atoms with Crippen LogP contribution in [0.25, 0.3) is 0 Å². The lowest BCUT2D eigenvalue weighted by atomic mass is 9.78. The Labute approximate surface area is 216 Å². The van der Waals surface area contributed by atoms with Gasteiger partial charge in [-0.25, -0.2) is 0 Å². The number of carbonyl (C=O) groups excluding carboxylic acids is 1. The van der Waals surface area contributed by atoms with Crippen LogP contribution in [0.3, 0.4) is 0 Å². The van der Waals surface area contributed by atoms with Crippen molar-refractivity contribution in [1.82, 2.24) is 0 Å². The van der Waals surface area contributed by atoms with Gasteiger partial charge < -0.3 is 24.8 Å². The van der Waals surface area contributed by atoms with Crippen LogP contribution in [0.2, 0.25) is 0 Å². The predicted molar refractivity (Wildman–Crippen MR) is 145 cm³/mol. The van der Waals surface area contributed by atoms with Crippen molar-refractivity contribution >= 4 is 28.9 Å². The van der Waals surface area contributed by atoms with Gasteiger partial charge in [0.1, 0.15) is 0 Å². The van der Waals surface area contributed by atoms with Gasteiger partial charge in [0.2, 0.25) is 5.75 Å². The van der Waals surface area contributed by atoms with E-state index in [0.717, 1.165) is 33.8 Å². The van der Waals surface area contributed by atoms with Gasteiger partial charge in [-0.05, 0) is 66.1 Å². The topological polar surface area (TPSA) is 68.8 Å². The standard InChI is InChI=1S/C29H30N2O4S/c1-33-25-15-19(16-26(34-2)29(25)35-3)18-13-23-27(24(32)14-18)28(17-9-11-20(36-4)12-10-17)31-22-8-6-5-7-21(22)30-23/h5-12,15-16,18,28,30-31H,13-14H2,1-4H3/t18-,28+/m0/s1. The Morgan fingerprint density at radius 1 is 0.833 bits per heavy atom. The van der Waals surface area contributed by atoms with Crippen molar-refractivity contribution in [3.8, 4) is 17.2 Å². The lowest BCUT2D eigenvalue weighted by molar-refractivity contribution is -0.116. The number of thioether (sulfide) groups is 1. The first-order chi connectivity index (χ1) is 17.6. The van der Waals surface area contributed by atoms with E-state index in [9.17, 15) is 4.79 Å². The number of fused-ring (bicyclic) bond motifs is 1. The number of rotatable bonds is 6. The summed E-state index contributed by atoms with van der Waals surface area (Å²) in [5, 5.41) is 7.24. The van der Waals surface area contributed by atoms with E-state index in [0.29, 0.717) is 30.1 Å². The highest BCUT2D eigenvalue weighted by molar-refractivity contribution is 7.98. The molecule has 1 aliphatic carbocycles. The maximum Gasteiger partial charge on any atom is 0.203 e. The van der Waals surface area contributed by atoms with Crippen LogP contribution in [-0.2, 0) is 4.79 Å². The van der Waals surface area contributed by atoms with Crippen molar-refractivity contribution in [2.45, 2.75) is 29.7 Å². The van der Waals surface area contributed by atoms with Crippen LogP contribution >= 0.6 is 11.8 Å². The molecule has 0 aromatic heterocycles. The van der Waals surface area contributed by atoms with Crippen molar-refractivity contribution in [3.63, 3.8) is 0 Å². The Balaban J connectivity index is 1.58. The van der Waals surface area contributed by atoms with Crippen molar-refractivity contribution in [2.75, 3.05) is 38.2 Å². The molecule has 0 fully saturated rings. The molecule has 0 saturated carbocycles. The van der Waals surface area contributed by atoms with Gasteiger partial charge in [0, 0.05) is 22.6 Å². The zero-order chi connectivity index (χ0) is 25.2. The summed E-state index contributed by atoms with van der Waals surface area (Å²) in [5.74, 6) is 1.83. The molecule has 3 aromatic rings. The van der Waals surface area contributed by atoms with Crippen LogP contribution in [-0.4, -0.2) is 33.4 Å². The van der Waals surface area contributed by atoms with Crippen LogP contribution in [0.15, 0.2) is 76.8 Å². The smallest absolute Gasteiger partial charge is 0.203 e. The molecule has 5 rings (SSSR count). The molecular formula is C29H30N2O4S. The second-order valence-corrected chi connectivity index (χ2v) is 9.78. The second kappa shape index (κ2) is 10.2. The Hall–Kier alpha value is -3.58. The largest absolute Gasteiger partial charge is 0.493 e. The van der Waals surface area contributed by atoms with Crippen molar-refractivity contribution in [1.29, 1.82) is 0 Å². The first-order valence-corrected chi connectivity index (χ1v) is 13.1. The number of benzene rings is 3. The molecule has 2 N–H and O–H groups in total. The molecule has 0 spiro atoms. The molecular weight excluding hydrogens is 472 g/mol. The third-order valence-corrected chi connectivity index (χ3v) is 7.66. The van der Waals surface area contributed by atoms with E-state index in [2.05, 4.69) is 41.2 Å². The number of anilines is 2. The van der Waals surface area contributed by atoms with E-state index in [1.807, 2.05) is 36.4 Å². The van der Waals surface area contributed by atoms with Gasteiger partial charge in [0.25, 0.3) is 0 Å². The molecule has 2 atom stereocenters. The summed E-state index contributed by atoms with van der Waals surface area (Å²) >= 11 is 1.71. The van der Waals surface area contributed by atoms with Crippen molar-refractivity contribution in [3.05, 3.63) is 83.1 Å². The predicted octanol–water partition coefficient (Wildman–Crippen LogP) is 6.41. The lowest BCUT2D eigenvalue weighted by Crippen LogP contribution is -2.27. The molecule has 0 bridgehead atoms. The molecule has 0 unspecified atom stereocenters. The fraction of sp³-hybridized carbons (Fsp3) is 0.276. The first-order valence-electron chi connectivity index (χ1n) is 11.9. The monoisotopic (exact) mass is 502 g/mol. The quantitative estimate of drug-likeness (QED) is 0.377. The highest BCUT2D eigenvalue weighted by Gasteiger charge is 2.36. The summed E-state index contributed by atoms with van der Waals surface area (Å²) in [5.41, 5.74) is 5.73. The number of carbonyl (C=O) groups is 1. The fourth-order valence-corrected chi connectivity index (χ4v) is 5.52. The highest BCUT2D eigenvalue weighted by Crippen LogP contribution is 2.47. The molecule has 36 heavy (non-hydrogen) atoms. The maximum atomic E-state index is 13.8. The third-order valence-electron chi connectivity index (χ3n) is 6.92. The van der Waals surface area contributed by atoms with E-state index in [1.54, 1.807) is 33.1 Å². The Kier molecular flexibility index (Phi) is 6.83. The fourth-order valence-electron chi connectivity index (χ4n) is 5.11. The van der Waals surface area contributed by atoms with E-state index in [-0.39, 0.29) is 17.7 Å². The Morgan fingerprint density at radius 3 is 2.11 bits per heavy atom. The van der Waals surface area contributed by atoms with Gasteiger partial charge in [0.15, 0.2) is 17.3 Å². The molecule has 2 aliphatic rings. The normalized spacial score (nSPS) is 18.8. The summed E-state index contributed by atoms with van der Waals surface area (Å²) < 4.78 is 16.6. The molecule has 0 radical (unpaired) electrons. The van der Waals surface area contributed by atoms with E-state index < -0.39 is 0 Å². The summed E-state index contributed by atoms with van der Waals surface area (Å²) in [6.45, 7) is 0. The first kappa shape index (κ1) is 24.1. The number of para-hydroxylation sites is 2. The average molecular weight is 503 g/mol. The number of Topliss-reactive ketones (excluding diaryl/α,β-unsaturated/α-hetero) is 1. The molecule has 7 heteroatoms. The van der Waals surface area contributed by atoms with E-state index in [4.69, 9.17) is 14.2 Å². The summed E-state index contributed by atoms with van der Waals surface area (Å²) in [6.07, 6.45) is 3.15. The van der Waals surface area contributed by atoms with Crippen LogP contribution in [0.5, 0.6) is 17.2 Å². The van der Waals surface area contributed by atoms with Gasteiger partial charge in [-0.15, -0.1) is 11.8 Å². The number of ketones is 1. The van der Waals surface area contributed by atoms with Gasteiger partial charge in [-0.1, -0.05) is 24.3 Å². The van der Waals surface area contributed by atoms with Crippen LogP contribution in [0.4, 0.5) is 11.4 Å². The Bertz CT molecular complexity index is 1290. The number of ether oxygens (including phenoxy) is 3. The Morgan fingerprint density at radius 2 is 1.50 bits per heavy atom. The summed E-state index contributed by atoms with van der Waals surface area (Å²) in [4.78, 5) is 15.0. The lowest BCUT2D eigenvalue weighted by Gasteiger charge is -2.30. The number of methoxy groups -OCH3 is 3. The minimum absolute atomic E-state index is 0.0257. The summed E-state index contributed by atoms with van der Waals surface area (Å²) in [7, 11) is 4.80. The third kappa shape index (κ3) is 4.39. The number of allylic oxidation sites excluding steroid dienone is 1. The maximum absolute atomic E-state index is 13.8. The summed E-state index contributed by atoms with van der Waals surface area (Å²) in [6, 6.07) is 20.2. The van der Waals surface area contributed by atoms with Gasteiger partial charge in [-0.3, -0.25) is 4.79 Å². The minimum Gasteiger partial charge on any atom is -0.493 e. The van der Waals surface area contributed by atoms with E-state index >= 15 is 0 Å². The second-order valence-electron chi connectivity index (χ2n) is 8.90. The van der Waals surface area contributed by atoms with Gasteiger partial charge >= 0.3 is 0 Å². The molecule has 1 heterocycles. The van der Waals surface area contributed by atoms with Crippen molar-refractivity contribution in [2.24, 2.45) is 0 Å². The number of hydrogen-bond donors (Lipinski definition) is 2. The van der Waals surface area contributed by atoms with Gasteiger partial charge in [0.05, 0.1) is 38.7 Å². The molecule has 186 valence electrons. The van der Waals surface area contributed by atoms with E-state index in [1.165, 1.54) is 4.90 Å². The zero-order valence-electron chi connectivity index (χ0n) is 20.9.